The molecule has 0 bridgehead atoms. The molecule has 0 aliphatic carbocycles. The summed E-state index contributed by atoms with van der Waals surface area (Å²) in [5.41, 5.74) is 2.39. The van der Waals surface area contributed by atoms with Gasteiger partial charge in [0.15, 0.2) is 5.96 Å². The molecule has 7 heteroatoms. The van der Waals surface area contributed by atoms with Crippen molar-refractivity contribution >= 4 is 35.8 Å². The first-order valence-corrected chi connectivity index (χ1v) is 11.3. The molecule has 0 radical (unpaired) electrons. The average Bonchev–Trinajstić information content (AvgIpc) is 3.27. The number of carbonyl (C=O) groups excluding carboxylic acids is 1. The molecule has 3 rings (SSSR count). The van der Waals surface area contributed by atoms with Crippen molar-refractivity contribution in [3.8, 4) is 5.75 Å². The summed E-state index contributed by atoms with van der Waals surface area (Å²) in [6, 6.07) is 18.7. The summed E-state index contributed by atoms with van der Waals surface area (Å²) in [4.78, 5) is 18.5. The number of carbonyl (C=O) groups is 1. The number of amides is 1. The molecular weight excluding hydrogens is 515 g/mol. The van der Waals surface area contributed by atoms with Crippen LogP contribution in [0.1, 0.15) is 37.8 Å². The number of hydrogen-bond donors (Lipinski definition) is 2. The summed E-state index contributed by atoms with van der Waals surface area (Å²) in [7, 11) is 0. The van der Waals surface area contributed by atoms with Gasteiger partial charge in [-0.25, -0.2) is 0 Å². The summed E-state index contributed by atoms with van der Waals surface area (Å²) in [6.07, 6.45) is 2.39. The van der Waals surface area contributed by atoms with Crippen LogP contribution >= 0.6 is 24.0 Å². The Hall–Kier alpha value is -2.29. The maximum absolute atomic E-state index is 11.9. The van der Waals surface area contributed by atoms with Gasteiger partial charge in [-0.2, -0.15) is 0 Å². The molecule has 1 heterocycles. The fourth-order valence-corrected chi connectivity index (χ4v) is 3.63. The number of halogens is 1. The lowest BCUT2D eigenvalue weighted by Crippen LogP contribution is -2.45. The van der Waals surface area contributed by atoms with Crippen LogP contribution in [0.25, 0.3) is 0 Å². The third kappa shape index (κ3) is 8.33. The van der Waals surface area contributed by atoms with Gasteiger partial charge in [0.25, 0.3) is 0 Å². The second kappa shape index (κ2) is 14.0. The summed E-state index contributed by atoms with van der Waals surface area (Å²) in [5, 5.41) is 6.79. The lowest BCUT2D eigenvalue weighted by molar-refractivity contribution is -0.129. The van der Waals surface area contributed by atoms with E-state index < -0.39 is 0 Å². The van der Waals surface area contributed by atoms with Crippen molar-refractivity contribution < 1.29 is 9.53 Å². The molecule has 1 amide bonds. The molecule has 1 fully saturated rings. The fourth-order valence-electron chi connectivity index (χ4n) is 3.63. The zero-order chi connectivity index (χ0) is 21.9. The third-order valence-electron chi connectivity index (χ3n) is 5.37. The topological polar surface area (TPSA) is 66.0 Å². The molecule has 1 atom stereocenters. The quantitative estimate of drug-likeness (QED) is 0.282. The molecule has 1 saturated heterocycles. The van der Waals surface area contributed by atoms with Gasteiger partial charge >= 0.3 is 0 Å². The minimum Gasteiger partial charge on any atom is -0.489 e. The Morgan fingerprint density at radius 3 is 2.53 bits per heavy atom. The zero-order valence-electron chi connectivity index (χ0n) is 19.0. The van der Waals surface area contributed by atoms with Gasteiger partial charge in [0.2, 0.25) is 5.91 Å². The number of nitrogens with zero attached hydrogens (tertiary/aromatic N) is 2. The molecule has 2 aromatic rings. The van der Waals surface area contributed by atoms with E-state index in [0.717, 1.165) is 49.7 Å². The van der Waals surface area contributed by atoms with Crippen molar-refractivity contribution in [3.05, 3.63) is 65.7 Å². The Balaban J connectivity index is 0.00000363. The highest BCUT2D eigenvalue weighted by atomic mass is 127. The van der Waals surface area contributed by atoms with Crippen LogP contribution in [0.5, 0.6) is 5.75 Å². The number of ether oxygens (including phenoxy) is 1. The minimum atomic E-state index is 0. The molecule has 2 N–H and O–H groups in total. The smallest absolute Gasteiger partial charge is 0.222 e. The van der Waals surface area contributed by atoms with E-state index in [9.17, 15) is 4.79 Å². The van der Waals surface area contributed by atoms with Crippen molar-refractivity contribution in [2.24, 2.45) is 4.99 Å². The van der Waals surface area contributed by atoms with Gasteiger partial charge < -0.3 is 20.3 Å². The van der Waals surface area contributed by atoms with E-state index in [1.54, 1.807) is 0 Å². The third-order valence-corrected chi connectivity index (χ3v) is 5.37. The van der Waals surface area contributed by atoms with Crippen LogP contribution in [-0.4, -0.2) is 49.0 Å². The van der Waals surface area contributed by atoms with Gasteiger partial charge in [-0.15, -0.1) is 24.0 Å². The van der Waals surface area contributed by atoms with Crippen molar-refractivity contribution in [2.45, 2.75) is 45.8 Å². The van der Waals surface area contributed by atoms with Crippen molar-refractivity contribution in [2.75, 3.05) is 26.2 Å². The lowest BCUT2D eigenvalue weighted by atomic mass is 10.1. The first-order valence-electron chi connectivity index (χ1n) is 11.3. The van der Waals surface area contributed by atoms with Gasteiger partial charge in [0.1, 0.15) is 12.4 Å². The van der Waals surface area contributed by atoms with Crippen LogP contribution in [-0.2, 0) is 17.8 Å². The van der Waals surface area contributed by atoms with Crippen LogP contribution in [0.2, 0.25) is 0 Å². The van der Waals surface area contributed by atoms with E-state index in [0.29, 0.717) is 19.6 Å². The van der Waals surface area contributed by atoms with Crippen molar-refractivity contribution in [3.63, 3.8) is 0 Å². The number of aliphatic imine (C=N–C) groups is 1. The minimum absolute atomic E-state index is 0. The van der Waals surface area contributed by atoms with Crippen LogP contribution in [0.4, 0.5) is 0 Å². The number of nitrogens with one attached hydrogen (secondary N) is 2. The van der Waals surface area contributed by atoms with E-state index in [-0.39, 0.29) is 35.9 Å². The average molecular weight is 550 g/mol. The van der Waals surface area contributed by atoms with Crippen LogP contribution in [0.3, 0.4) is 0 Å². The molecule has 2 aromatic carbocycles. The van der Waals surface area contributed by atoms with Crippen molar-refractivity contribution in [1.82, 2.24) is 15.5 Å². The van der Waals surface area contributed by atoms with Gasteiger partial charge in [-0.1, -0.05) is 49.4 Å². The Morgan fingerprint density at radius 1 is 1.09 bits per heavy atom. The number of rotatable bonds is 9. The predicted octanol–water partition coefficient (Wildman–Crippen LogP) is 3.99. The highest BCUT2D eigenvalue weighted by Crippen LogP contribution is 2.15. The largest absolute Gasteiger partial charge is 0.489 e. The highest BCUT2D eigenvalue weighted by Gasteiger charge is 2.25. The van der Waals surface area contributed by atoms with Gasteiger partial charge in [0, 0.05) is 38.6 Å². The van der Waals surface area contributed by atoms with Crippen LogP contribution < -0.4 is 15.4 Å². The molecule has 1 aliphatic heterocycles. The van der Waals surface area contributed by atoms with E-state index in [1.165, 1.54) is 5.56 Å². The second-order valence-corrected chi connectivity index (χ2v) is 7.75. The standard InChI is InChI=1S/C25H34N4O2.HI/c1-3-24(30)29-17-15-22(18-29)28-25(26-4-2)27-16-14-20-10-12-23(13-11-20)31-19-21-8-6-5-7-9-21;/h5-13,22H,3-4,14-19H2,1-2H3,(H2,26,27,28);1H. The summed E-state index contributed by atoms with van der Waals surface area (Å²) in [6.45, 7) is 7.63. The maximum Gasteiger partial charge on any atom is 0.222 e. The molecule has 0 spiro atoms. The Kier molecular flexibility index (Phi) is 11.3. The van der Waals surface area contributed by atoms with E-state index in [4.69, 9.17) is 9.73 Å². The molecule has 0 aromatic heterocycles. The predicted molar refractivity (Wildman–Crippen MR) is 141 cm³/mol. The molecule has 0 saturated carbocycles. The normalized spacial score (nSPS) is 15.8. The molecular formula is C25H35IN4O2. The van der Waals surface area contributed by atoms with Crippen LogP contribution in [0.15, 0.2) is 59.6 Å². The van der Waals surface area contributed by atoms with E-state index >= 15 is 0 Å². The first kappa shape index (κ1) is 26.0. The first-order chi connectivity index (χ1) is 15.2. The highest BCUT2D eigenvalue weighted by molar-refractivity contribution is 14.0. The number of likely N-dealkylation sites (tertiary alicyclic amines) is 1. The van der Waals surface area contributed by atoms with Gasteiger partial charge in [0.05, 0.1) is 0 Å². The molecule has 32 heavy (non-hydrogen) atoms. The van der Waals surface area contributed by atoms with Crippen molar-refractivity contribution in [1.29, 1.82) is 0 Å². The number of benzene rings is 2. The van der Waals surface area contributed by atoms with Crippen LogP contribution in [0, 0.1) is 0 Å². The van der Waals surface area contributed by atoms with E-state index in [1.807, 2.05) is 42.2 Å². The zero-order valence-corrected chi connectivity index (χ0v) is 21.4. The fraction of sp³-hybridized carbons (Fsp3) is 0.440. The van der Waals surface area contributed by atoms with E-state index in [2.05, 4.69) is 41.8 Å². The number of guanidine groups is 1. The summed E-state index contributed by atoms with van der Waals surface area (Å²) in [5.74, 6) is 1.92. The molecule has 174 valence electrons. The molecule has 1 aliphatic rings. The summed E-state index contributed by atoms with van der Waals surface area (Å²) >= 11 is 0. The monoisotopic (exact) mass is 550 g/mol. The second-order valence-electron chi connectivity index (χ2n) is 7.75. The van der Waals surface area contributed by atoms with Gasteiger partial charge in [-0.05, 0) is 43.0 Å². The Morgan fingerprint density at radius 2 is 1.84 bits per heavy atom. The molecule has 1 unspecified atom stereocenters. The lowest BCUT2D eigenvalue weighted by Gasteiger charge is -2.18. The summed E-state index contributed by atoms with van der Waals surface area (Å²) < 4.78 is 5.85. The van der Waals surface area contributed by atoms with Gasteiger partial charge in [-0.3, -0.25) is 9.79 Å². The number of hydrogen-bond acceptors (Lipinski definition) is 3. The Labute approximate surface area is 208 Å². The molecule has 6 nitrogen and oxygen atoms in total. The SMILES string of the molecule is CCNC(=NCCc1ccc(OCc2ccccc2)cc1)NC1CCN(C(=O)CC)C1.I. The maximum atomic E-state index is 11.9. The Bertz CT molecular complexity index is 843.